The van der Waals surface area contributed by atoms with E-state index in [1.807, 2.05) is 16.8 Å². The first-order valence-corrected chi connectivity index (χ1v) is 6.79. The maximum Gasteiger partial charge on any atom is 0.180 e. The molecule has 2 aromatic heterocycles. The molecule has 0 radical (unpaired) electrons. The molecule has 0 aliphatic carbocycles. The highest BCUT2D eigenvalue weighted by Crippen LogP contribution is 2.36. The molecule has 1 atom stereocenters. The quantitative estimate of drug-likeness (QED) is 0.852. The zero-order chi connectivity index (χ0) is 13.6. The predicted octanol–water partition coefficient (Wildman–Crippen LogP) is 2.18. The predicted molar refractivity (Wildman–Crippen MR) is 77.2 cm³/mol. The summed E-state index contributed by atoms with van der Waals surface area (Å²) in [6.07, 6.45) is 6.71. The van der Waals surface area contributed by atoms with E-state index in [1.165, 1.54) is 6.42 Å². The molecule has 1 unspecified atom stereocenters. The summed E-state index contributed by atoms with van der Waals surface area (Å²) in [6.45, 7) is 8.97. The van der Waals surface area contributed by atoms with Gasteiger partial charge in [0.1, 0.15) is 5.82 Å². The molecule has 1 fully saturated rings. The van der Waals surface area contributed by atoms with Gasteiger partial charge in [-0.15, -0.1) is 0 Å². The van der Waals surface area contributed by atoms with Crippen molar-refractivity contribution in [3.63, 3.8) is 0 Å². The van der Waals surface area contributed by atoms with E-state index in [1.54, 1.807) is 6.20 Å². The van der Waals surface area contributed by atoms with Crippen molar-refractivity contribution in [3.05, 3.63) is 18.6 Å². The molecular formula is C14H21N5. The molecule has 19 heavy (non-hydrogen) atoms. The van der Waals surface area contributed by atoms with Crippen LogP contribution in [0.1, 0.15) is 27.2 Å². The van der Waals surface area contributed by atoms with Gasteiger partial charge in [0.25, 0.3) is 0 Å². The van der Waals surface area contributed by atoms with E-state index in [-0.39, 0.29) is 0 Å². The summed E-state index contributed by atoms with van der Waals surface area (Å²) in [5.41, 5.74) is 7.11. The number of hydrogen-bond donors (Lipinski definition) is 1. The Kier molecular flexibility index (Phi) is 2.66. The molecule has 0 spiro atoms. The Morgan fingerprint density at radius 3 is 2.84 bits per heavy atom. The molecule has 102 valence electrons. The Morgan fingerprint density at radius 2 is 2.16 bits per heavy atom. The average molecular weight is 259 g/mol. The lowest BCUT2D eigenvalue weighted by atomic mass is 9.80. The van der Waals surface area contributed by atoms with Crippen LogP contribution in [0.5, 0.6) is 0 Å². The first-order chi connectivity index (χ1) is 8.95. The second-order valence-electron chi connectivity index (χ2n) is 6.45. The van der Waals surface area contributed by atoms with Crippen LogP contribution in [-0.2, 0) is 0 Å². The first-order valence-electron chi connectivity index (χ1n) is 6.79. The Bertz CT molecular complexity index is 595. The van der Waals surface area contributed by atoms with Crippen LogP contribution in [0.15, 0.2) is 18.6 Å². The number of rotatable bonds is 1. The highest BCUT2D eigenvalue weighted by molar-refractivity contribution is 5.66. The number of anilines is 2. The molecule has 5 heteroatoms. The lowest BCUT2D eigenvalue weighted by Gasteiger charge is -2.27. The van der Waals surface area contributed by atoms with E-state index in [9.17, 15) is 0 Å². The molecule has 3 heterocycles. The van der Waals surface area contributed by atoms with Gasteiger partial charge < -0.3 is 15.0 Å². The third kappa shape index (κ3) is 2.13. The topological polar surface area (TPSA) is 59.5 Å². The van der Waals surface area contributed by atoms with Crippen LogP contribution < -0.4 is 10.6 Å². The Labute approximate surface area is 113 Å². The standard InChI is InChI=1S/C14H21N5/c1-14(2,3)10-4-6-18(8-10)13-12-16-5-7-19(12)9-11(15)17-13/h5,7,9-10H,4,6,8,15H2,1-3H3. The molecule has 3 rings (SSSR count). The Balaban J connectivity index is 1.95. The molecular weight excluding hydrogens is 238 g/mol. The number of nitrogen functional groups attached to an aromatic ring is 1. The van der Waals surface area contributed by atoms with Crippen molar-refractivity contribution >= 4 is 17.3 Å². The van der Waals surface area contributed by atoms with Gasteiger partial charge in [-0.05, 0) is 17.8 Å². The van der Waals surface area contributed by atoms with Crippen molar-refractivity contribution < 1.29 is 0 Å². The molecule has 0 amide bonds. The Morgan fingerprint density at radius 1 is 1.37 bits per heavy atom. The van der Waals surface area contributed by atoms with Crippen LogP contribution in [0, 0.1) is 11.3 Å². The van der Waals surface area contributed by atoms with Crippen molar-refractivity contribution in [2.24, 2.45) is 11.3 Å². The van der Waals surface area contributed by atoms with Gasteiger partial charge in [-0.3, -0.25) is 0 Å². The van der Waals surface area contributed by atoms with Crippen molar-refractivity contribution in [2.45, 2.75) is 27.2 Å². The third-order valence-electron chi connectivity index (χ3n) is 4.09. The number of nitrogens with zero attached hydrogens (tertiary/aromatic N) is 4. The maximum absolute atomic E-state index is 5.89. The minimum absolute atomic E-state index is 0.334. The fraction of sp³-hybridized carbons (Fsp3) is 0.571. The maximum atomic E-state index is 5.89. The molecule has 5 nitrogen and oxygen atoms in total. The largest absolute Gasteiger partial charge is 0.382 e. The highest BCUT2D eigenvalue weighted by atomic mass is 15.2. The molecule has 0 bridgehead atoms. The highest BCUT2D eigenvalue weighted by Gasteiger charge is 2.33. The average Bonchev–Trinajstić information content (AvgIpc) is 2.94. The lowest BCUT2D eigenvalue weighted by molar-refractivity contribution is 0.263. The summed E-state index contributed by atoms with van der Waals surface area (Å²) in [7, 11) is 0. The number of fused-ring (bicyclic) bond motifs is 1. The summed E-state index contributed by atoms with van der Waals surface area (Å²) in [4.78, 5) is 11.2. The fourth-order valence-electron chi connectivity index (χ4n) is 2.81. The van der Waals surface area contributed by atoms with E-state index in [2.05, 4.69) is 35.6 Å². The number of imidazole rings is 1. The summed E-state index contributed by atoms with van der Waals surface area (Å²) >= 11 is 0. The smallest absolute Gasteiger partial charge is 0.180 e. The summed E-state index contributed by atoms with van der Waals surface area (Å²) in [5.74, 6) is 2.14. The van der Waals surface area contributed by atoms with Gasteiger partial charge >= 0.3 is 0 Å². The number of hydrogen-bond acceptors (Lipinski definition) is 4. The van der Waals surface area contributed by atoms with Crippen molar-refractivity contribution in [2.75, 3.05) is 23.7 Å². The fourth-order valence-corrected chi connectivity index (χ4v) is 2.81. The summed E-state index contributed by atoms with van der Waals surface area (Å²) in [6, 6.07) is 0. The van der Waals surface area contributed by atoms with Crippen molar-refractivity contribution in [1.82, 2.24) is 14.4 Å². The number of nitrogens with two attached hydrogens (primary N) is 1. The van der Waals surface area contributed by atoms with Gasteiger partial charge in [0.05, 0.1) is 6.20 Å². The molecule has 0 saturated carbocycles. The van der Waals surface area contributed by atoms with Gasteiger partial charge in [0, 0.05) is 25.5 Å². The van der Waals surface area contributed by atoms with E-state index >= 15 is 0 Å². The van der Waals surface area contributed by atoms with Gasteiger partial charge in [-0.25, -0.2) is 9.97 Å². The van der Waals surface area contributed by atoms with E-state index < -0.39 is 0 Å². The van der Waals surface area contributed by atoms with Gasteiger partial charge in [-0.1, -0.05) is 20.8 Å². The van der Waals surface area contributed by atoms with E-state index in [0.29, 0.717) is 17.2 Å². The van der Waals surface area contributed by atoms with Crippen molar-refractivity contribution in [1.29, 1.82) is 0 Å². The molecule has 1 aliphatic rings. The van der Waals surface area contributed by atoms with E-state index in [4.69, 9.17) is 5.73 Å². The van der Waals surface area contributed by atoms with E-state index in [0.717, 1.165) is 24.6 Å². The van der Waals surface area contributed by atoms with Gasteiger partial charge in [0.2, 0.25) is 0 Å². The molecule has 2 N–H and O–H groups in total. The van der Waals surface area contributed by atoms with Crippen LogP contribution in [-0.4, -0.2) is 27.5 Å². The van der Waals surface area contributed by atoms with Crippen LogP contribution in [0.2, 0.25) is 0 Å². The molecule has 1 saturated heterocycles. The zero-order valence-corrected chi connectivity index (χ0v) is 11.8. The second-order valence-corrected chi connectivity index (χ2v) is 6.45. The minimum atomic E-state index is 0.334. The molecule has 1 aliphatic heterocycles. The first kappa shape index (κ1) is 12.3. The van der Waals surface area contributed by atoms with Crippen LogP contribution >= 0.6 is 0 Å². The Hall–Kier alpha value is -1.78. The van der Waals surface area contributed by atoms with Crippen LogP contribution in [0.3, 0.4) is 0 Å². The second kappa shape index (κ2) is 4.11. The van der Waals surface area contributed by atoms with Crippen LogP contribution in [0.4, 0.5) is 11.6 Å². The summed E-state index contributed by atoms with van der Waals surface area (Å²) < 4.78 is 1.95. The monoisotopic (exact) mass is 259 g/mol. The number of aromatic nitrogens is 3. The lowest BCUT2D eigenvalue weighted by Crippen LogP contribution is -2.27. The normalized spacial score (nSPS) is 20.4. The molecule has 0 aromatic carbocycles. The zero-order valence-electron chi connectivity index (χ0n) is 11.8. The third-order valence-corrected chi connectivity index (χ3v) is 4.09. The summed E-state index contributed by atoms with van der Waals surface area (Å²) in [5, 5.41) is 0. The van der Waals surface area contributed by atoms with Gasteiger partial charge in [0.15, 0.2) is 11.5 Å². The molecule has 2 aromatic rings. The van der Waals surface area contributed by atoms with Crippen molar-refractivity contribution in [3.8, 4) is 0 Å². The van der Waals surface area contributed by atoms with Crippen LogP contribution in [0.25, 0.3) is 5.65 Å². The van der Waals surface area contributed by atoms with Gasteiger partial charge in [-0.2, -0.15) is 0 Å². The SMILES string of the molecule is CC(C)(C)C1CCN(c2nc(N)cn3ccnc23)C1. The minimum Gasteiger partial charge on any atom is -0.382 e.